The molecule has 1 aliphatic heterocycles. The number of rotatable bonds is 2. The Balaban J connectivity index is 1.56. The molecule has 3 rings (SSSR count). The molecule has 5 heteroatoms. The minimum atomic E-state index is -0.238. The van der Waals surface area contributed by atoms with Gasteiger partial charge in [-0.3, -0.25) is 10.1 Å². The maximum Gasteiger partial charge on any atom is 0.324 e. The molecule has 0 unspecified atom stereocenters. The van der Waals surface area contributed by atoms with Crippen LogP contribution in [0.15, 0.2) is 18.2 Å². The maximum absolute atomic E-state index is 12.1. The SMILES string of the molecule is Cc1cccc(N2CCN(C(=O)NC(=O)C3CC3)CC2)c1C. The summed E-state index contributed by atoms with van der Waals surface area (Å²) in [6.07, 6.45) is 1.83. The third kappa shape index (κ3) is 3.08. The van der Waals surface area contributed by atoms with Crippen molar-refractivity contribution in [3.05, 3.63) is 29.3 Å². The van der Waals surface area contributed by atoms with Gasteiger partial charge in [0.2, 0.25) is 5.91 Å². The molecular formula is C17H23N3O2. The summed E-state index contributed by atoms with van der Waals surface area (Å²) in [7, 11) is 0. The van der Waals surface area contributed by atoms with Crippen molar-refractivity contribution >= 4 is 17.6 Å². The van der Waals surface area contributed by atoms with Gasteiger partial charge >= 0.3 is 6.03 Å². The number of piperazine rings is 1. The second kappa shape index (κ2) is 5.99. The van der Waals surface area contributed by atoms with E-state index in [1.54, 1.807) is 4.90 Å². The number of urea groups is 1. The van der Waals surface area contributed by atoms with Gasteiger partial charge in [0.1, 0.15) is 0 Å². The molecule has 0 radical (unpaired) electrons. The van der Waals surface area contributed by atoms with Crippen molar-refractivity contribution in [2.24, 2.45) is 5.92 Å². The van der Waals surface area contributed by atoms with Crippen LogP contribution in [0.25, 0.3) is 0 Å². The normalized spacial score (nSPS) is 18.3. The van der Waals surface area contributed by atoms with Crippen LogP contribution in [0.3, 0.4) is 0 Å². The fourth-order valence-corrected chi connectivity index (χ4v) is 2.86. The topological polar surface area (TPSA) is 52.6 Å². The minimum Gasteiger partial charge on any atom is -0.368 e. The first-order valence-corrected chi connectivity index (χ1v) is 7.97. The molecule has 5 nitrogen and oxygen atoms in total. The number of hydrogen-bond acceptors (Lipinski definition) is 3. The second-order valence-corrected chi connectivity index (χ2v) is 6.26. The Morgan fingerprint density at radius 3 is 2.41 bits per heavy atom. The molecule has 2 aliphatic rings. The Hall–Kier alpha value is -2.04. The number of amides is 3. The number of carbonyl (C=O) groups excluding carboxylic acids is 2. The van der Waals surface area contributed by atoms with Crippen LogP contribution in [0.1, 0.15) is 24.0 Å². The lowest BCUT2D eigenvalue weighted by Crippen LogP contribution is -2.53. The minimum absolute atomic E-state index is 0.0696. The predicted molar refractivity (Wildman–Crippen MR) is 86.0 cm³/mol. The molecule has 0 spiro atoms. The third-order valence-electron chi connectivity index (χ3n) is 4.66. The number of benzene rings is 1. The van der Waals surface area contributed by atoms with Crippen molar-refractivity contribution in [3.8, 4) is 0 Å². The molecule has 1 aromatic rings. The van der Waals surface area contributed by atoms with Crippen LogP contribution in [0, 0.1) is 19.8 Å². The Labute approximate surface area is 131 Å². The highest BCUT2D eigenvalue weighted by molar-refractivity contribution is 5.96. The van der Waals surface area contributed by atoms with Crippen LogP contribution in [0.2, 0.25) is 0 Å². The first-order chi connectivity index (χ1) is 10.6. The maximum atomic E-state index is 12.1. The van der Waals surface area contributed by atoms with Gasteiger partial charge in [-0.1, -0.05) is 12.1 Å². The summed E-state index contributed by atoms with van der Waals surface area (Å²) < 4.78 is 0. The van der Waals surface area contributed by atoms with E-state index in [9.17, 15) is 9.59 Å². The molecule has 118 valence electrons. The zero-order valence-corrected chi connectivity index (χ0v) is 13.3. The van der Waals surface area contributed by atoms with Crippen molar-refractivity contribution in [2.75, 3.05) is 31.1 Å². The summed E-state index contributed by atoms with van der Waals surface area (Å²) in [6.45, 7) is 7.16. The average Bonchev–Trinajstić information content (AvgIpc) is 3.35. The van der Waals surface area contributed by atoms with Gasteiger partial charge in [0.05, 0.1) is 0 Å². The standard InChI is InChI=1S/C17H23N3O2/c1-12-4-3-5-15(13(12)2)19-8-10-20(11-9-19)17(22)18-16(21)14-6-7-14/h3-5,14H,6-11H2,1-2H3,(H,18,21,22). The summed E-state index contributed by atoms with van der Waals surface area (Å²) in [6, 6.07) is 6.09. The summed E-state index contributed by atoms with van der Waals surface area (Å²) in [5.74, 6) is -0.0397. The van der Waals surface area contributed by atoms with E-state index in [1.807, 2.05) is 0 Å². The van der Waals surface area contributed by atoms with E-state index in [0.717, 1.165) is 25.9 Å². The molecule has 22 heavy (non-hydrogen) atoms. The molecule has 1 aromatic carbocycles. The molecule has 1 heterocycles. The van der Waals surface area contributed by atoms with E-state index in [2.05, 4.69) is 42.3 Å². The van der Waals surface area contributed by atoms with Crippen molar-refractivity contribution in [1.82, 2.24) is 10.2 Å². The van der Waals surface area contributed by atoms with Crippen LogP contribution in [-0.4, -0.2) is 43.0 Å². The lowest BCUT2D eigenvalue weighted by atomic mass is 10.1. The Bertz CT molecular complexity index is 588. The predicted octanol–water partition coefficient (Wildman–Crippen LogP) is 2.07. The molecule has 2 fully saturated rings. The van der Waals surface area contributed by atoms with Gasteiger partial charge in [-0.05, 0) is 43.9 Å². The third-order valence-corrected chi connectivity index (χ3v) is 4.66. The molecule has 0 aromatic heterocycles. The van der Waals surface area contributed by atoms with Crippen LogP contribution < -0.4 is 10.2 Å². The highest BCUT2D eigenvalue weighted by atomic mass is 16.2. The smallest absolute Gasteiger partial charge is 0.324 e. The Kier molecular flexibility index (Phi) is 4.05. The molecule has 1 saturated heterocycles. The average molecular weight is 301 g/mol. The van der Waals surface area contributed by atoms with Gasteiger partial charge in [0.25, 0.3) is 0 Å². The van der Waals surface area contributed by atoms with E-state index in [-0.39, 0.29) is 17.9 Å². The zero-order chi connectivity index (χ0) is 15.7. The number of nitrogens with one attached hydrogen (secondary N) is 1. The highest BCUT2D eigenvalue weighted by Gasteiger charge is 2.32. The first-order valence-electron chi connectivity index (χ1n) is 7.97. The second-order valence-electron chi connectivity index (χ2n) is 6.26. The van der Waals surface area contributed by atoms with E-state index in [0.29, 0.717) is 13.1 Å². The Morgan fingerprint density at radius 2 is 1.77 bits per heavy atom. The van der Waals surface area contributed by atoms with E-state index in [4.69, 9.17) is 0 Å². The molecule has 0 atom stereocenters. The number of aryl methyl sites for hydroxylation is 1. The van der Waals surface area contributed by atoms with Gasteiger partial charge in [-0.15, -0.1) is 0 Å². The molecule has 1 saturated carbocycles. The Morgan fingerprint density at radius 1 is 1.09 bits per heavy atom. The summed E-state index contributed by atoms with van der Waals surface area (Å²) >= 11 is 0. The van der Waals surface area contributed by atoms with E-state index >= 15 is 0 Å². The number of hydrogen-bond donors (Lipinski definition) is 1. The highest BCUT2D eigenvalue weighted by Crippen LogP contribution is 2.29. The van der Waals surface area contributed by atoms with Crippen molar-refractivity contribution in [3.63, 3.8) is 0 Å². The molecule has 3 amide bonds. The number of nitrogens with zero attached hydrogens (tertiary/aromatic N) is 2. The van der Waals surface area contributed by atoms with Gasteiger partial charge in [0, 0.05) is 37.8 Å². The molecule has 0 bridgehead atoms. The van der Waals surface area contributed by atoms with Gasteiger partial charge in [0.15, 0.2) is 0 Å². The fourth-order valence-electron chi connectivity index (χ4n) is 2.86. The van der Waals surface area contributed by atoms with Crippen LogP contribution in [0.5, 0.6) is 0 Å². The molecular weight excluding hydrogens is 278 g/mol. The van der Waals surface area contributed by atoms with Crippen LogP contribution in [0.4, 0.5) is 10.5 Å². The fraction of sp³-hybridized carbons (Fsp3) is 0.529. The largest absolute Gasteiger partial charge is 0.368 e. The van der Waals surface area contributed by atoms with Gasteiger partial charge in [-0.2, -0.15) is 0 Å². The lowest BCUT2D eigenvalue weighted by molar-refractivity contribution is -0.121. The summed E-state index contributed by atoms with van der Waals surface area (Å²) in [5, 5.41) is 2.52. The zero-order valence-electron chi connectivity index (χ0n) is 13.3. The van der Waals surface area contributed by atoms with Crippen LogP contribution in [-0.2, 0) is 4.79 Å². The quantitative estimate of drug-likeness (QED) is 0.910. The monoisotopic (exact) mass is 301 g/mol. The molecule has 1 aliphatic carbocycles. The van der Waals surface area contributed by atoms with Crippen LogP contribution >= 0.6 is 0 Å². The molecule has 1 N–H and O–H groups in total. The summed E-state index contributed by atoms with van der Waals surface area (Å²) in [4.78, 5) is 27.8. The summed E-state index contributed by atoms with van der Waals surface area (Å²) in [5.41, 5.74) is 3.83. The first kappa shape index (κ1) is 14.9. The number of imide groups is 1. The van der Waals surface area contributed by atoms with E-state index < -0.39 is 0 Å². The van der Waals surface area contributed by atoms with Crippen molar-refractivity contribution in [1.29, 1.82) is 0 Å². The van der Waals surface area contributed by atoms with E-state index in [1.165, 1.54) is 16.8 Å². The number of anilines is 1. The number of carbonyl (C=O) groups is 2. The van der Waals surface area contributed by atoms with Crippen molar-refractivity contribution < 1.29 is 9.59 Å². The lowest BCUT2D eigenvalue weighted by Gasteiger charge is -2.36. The van der Waals surface area contributed by atoms with Gasteiger partial charge < -0.3 is 9.80 Å². The van der Waals surface area contributed by atoms with Gasteiger partial charge in [-0.25, -0.2) is 4.79 Å². The van der Waals surface area contributed by atoms with Crippen molar-refractivity contribution in [2.45, 2.75) is 26.7 Å².